The molecule has 5 rings (SSSR count). The lowest BCUT2D eigenvalue weighted by molar-refractivity contribution is 0.0382. The Balaban J connectivity index is 1.39. The van der Waals surface area contributed by atoms with Crippen molar-refractivity contribution < 1.29 is 24.2 Å². The molecule has 2 aromatic heterocycles. The van der Waals surface area contributed by atoms with Gasteiger partial charge in [0.05, 0.1) is 18.3 Å². The lowest BCUT2D eigenvalue weighted by atomic mass is 9.90. The summed E-state index contributed by atoms with van der Waals surface area (Å²) in [5.74, 6) is 0.880. The van der Waals surface area contributed by atoms with Crippen molar-refractivity contribution in [3.8, 4) is 5.75 Å². The second-order valence-electron chi connectivity index (χ2n) is 9.20. The molecule has 1 saturated carbocycles. The van der Waals surface area contributed by atoms with E-state index in [9.17, 15) is 14.7 Å². The van der Waals surface area contributed by atoms with Crippen LogP contribution in [0.5, 0.6) is 5.75 Å². The van der Waals surface area contributed by atoms with E-state index in [0.29, 0.717) is 41.7 Å². The highest BCUT2D eigenvalue weighted by Crippen LogP contribution is 2.34. The number of aryl methyl sites for hydroxylation is 1. The molecule has 0 bridgehead atoms. The van der Waals surface area contributed by atoms with Crippen molar-refractivity contribution in [3.63, 3.8) is 0 Å². The van der Waals surface area contributed by atoms with Gasteiger partial charge in [-0.1, -0.05) is 43.5 Å². The van der Waals surface area contributed by atoms with Crippen LogP contribution in [0.15, 0.2) is 42.6 Å². The maximum Gasteiger partial charge on any atom is 0.506 e. The minimum absolute atomic E-state index is 0.338. The lowest BCUT2D eigenvalue weighted by Crippen LogP contribution is -2.37. The van der Waals surface area contributed by atoms with E-state index >= 15 is 0 Å². The van der Waals surface area contributed by atoms with Gasteiger partial charge in [-0.05, 0) is 48.9 Å². The van der Waals surface area contributed by atoms with Gasteiger partial charge < -0.3 is 19.9 Å². The molecule has 2 atom stereocenters. The van der Waals surface area contributed by atoms with E-state index < -0.39 is 18.3 Å². The number of fused-ring (bicyclic) bond motifs is 2. The maximum atomic E-state index is 13.4. The molecule has 34 heavy (non-hydrogen) atoms. The van der Waals surface area contributed by atoms with Crippen molar-refractivity contribution in [1.82, 2.24) is 14.7 Å². The van der Waals surface area contributed by atoms with Crippen LogP contribution in [0.25, 0.3) is 5.65 Å². The molecule has 2 heterocycles. The van der Waals surface area contributed by atoms with Crippen LogP contribution in [0, 0.1) is 12.8 Å². The number of rotatable bonds is 6. The Morgan fingerprint density at radius 1 is 1.15 bits per heavy atom. The third kappa shape index (κ3) is 4.32. The highest BCUT2D eigenvalue weighted by molar-refractivity contribution is 5.95. The van der Waals surface area contributed by atoms with Gasteiger partial charge in [-0.25, -0.2) is 9.78 Å². The van der Waals surface area contributed by atoms with E-state index in [0.717, 1.165) is 11.1 Å². The minimum atomic E-state index is -1.36. The predicted molar refractivity (Wildman–Crippen MR) is 125 cm³/mol. The van der Waals surface area contributed by atoms with Gasteiger partial charge in [0.25, 0.3) is 5.91 Å². The standard InChI is InChI=1S/C26H29N3O5/c1-16-23(25(30)28-22-19-11-6-5-10-18(19)14-21(22)34-26(31)32)29-13-7-12-20(24(29)27-16)33-15-17-8-3-2-4-9-17/h5-7,10-13,17,21-22H,2-4,8-9,14-15H2,1H3,(H,28,30)(H,31,32)/t21-,22+/m0/s1. The van der Waals surface area contributed by atoms with Gasteiger partial charge in [-0.2, -0.15) is 0 Å². The average molecular weight is 464 g/mol. The lowest BCUT2D eigenvalue weighted by Gasteiger charge is -2.22. The smallest absolute Gasteiger partial charge is 0.489 e. The number of imidazole rings is 1. The quantitative estimate of drug-likeness (QED) is 0.514. The van der Waals surface area contributed by atoms with Crippen molar-refractivity contribution in [1.29, 1.82) is 0 Å². The zero-order valence-corrected chi connectivity index (χ0v) is 19.2. The Bertz CT molecular complexity index is 1210. The molecule has 178 valence electrons. The fraction of sp³-hybridized carbons (Fsp3) is 0.423. The molecule has 0 radical (unpaired) electrons. The van der Waals surface area contributed by atoms with Crippen LogP contribution >= 0.6 is 0 Å². The summed E-state index contributed by atoms with van der Waals surface area (Å²) in [6, 6.07) is 10.7. The highest BCUT2D eigenvalue weighted by atomic mass is 16.7. The van der Waals surface area contributed by atoms with E-state index in [1.165, 1.54) is 32.1 Å². The monoisotopic (exact) mass is 463 g/mol. The first-order valence-electron chi connectivity index (χ1n) is 11.9. The Kier molecular flexibility index (Phi) is 6.13. The van der Waals surface area contributed by atoms with Crippen LogP contribution in [0.2, 0.25) is 0 Å². The molecule has 1 amide bonds. The van der Waals surface area contributed by atoms with E-state index in [4.69, 9.17) is 9.47 Å². The first-order valence-corrected chi connectivity index (χ1v) is 11.9. The molecule has 8 nitrogen and oxygen atoms in total. The number of nitrogens with one attached hydrogen (secondary N) is 1. The van der Waals surface area contributed by atoms with Gasteiger partial charge in [0.1, 0.15) is 11.8 Å². The number of benzene rings is 1. The molecule has 0 saturated heterocycles. The number of carbonyl (C=O) groups excluding carboxylic acids is 1. The highest BCUT2D eigenvalue weighted by Gasteiger charge is 2.37. The third-order valence-corrected chi connectivity index (χ3v) is 6.92. The zero-order valence-electron chi connectivity index (χ0n) is 19.2. The number of hydrogen-bond donors (Lipinski definition) is 2. The van der Waals surface area contributed by atoms with Gasteiger partial charge in [-0.15, -0.1) is 0 Å². The number of pyridine rings is 1. The predicted octanol–water partition coefficient (Wildman–Crippen LogP) is 4.69. The van der Waals surface area contributed by atoms with Crippen LogP contribution in [0.1, 0.15) is 65.5 Å². The summed E-state index contributed by atoms with van der Waals surface area (Å²) in [7, 11) is 0. The van der Waals surface area contributed by atoms with Gasteiger partial charge in [0.15, 0.2) is 11.4 Å². The van der Waals surface area contributed by atoms with Crippen molar-refractivity contribution in [2.75, 3.05) is 6.61 Å². The van der Waals surface area contributed by atoms with E-state index in [2.05, 4.69) is 10.3 Å². The molecule has 0 spiro atoms. The number of aromatic nitrogens is 2. The van der Waals surface area contributed by atoms with Crippen molar-refractivity contribution in [2.45, 2.75) is 57.6 Å². The van der Waals surface area contributed by atoms with Crippen LogP contribution in [0.4, 0.5) is 4.79 Å². The first-order chi connectivity index (χ1) is 16.5. The molecule has 2 N–H and O–H groups in total. The van der Waals surface area contributed by atoms with Crippen LogP contribution in [-0.2, 0) is 11.2 Å². The summed E-state index contributed by atoms with van der Waals surface area (Å²) in [6.07, 6.45) is 6.34. The fourth-order valence-corrected chi connectivity index (χ4v) is 5.28. The SMILES string of the molecule is Cc1nc2c(OCC3CCCCC3)cccn2c1C(=O)N[C@@H]1c2ccccc2C[C@@H]1OC(=O)O. The van der Waals surface area contributed by atoms with Gasteiger partial charge in [0, 0.05) is 12.6 Å². The molecular weight excluding hydrogens is 434 g/mol. The van der Waals surface area contributed by atoms with Crippen LogP contribution < -0.4 is 10.1 Å². The Labute approximate surface area is 197 Å². The summed E-state index contributed by atoms with van der Waals surface area (Å²) in [5.41, 5.74) is 3.41. The average Bonchev–Trinajstić information content (AvgIpc) is 3.34. The van der Waals surface area contributed by atoms with Crippen LogP contribution in [-0.4, -0.2) is 39.3 Å². The number of carbonyl (C=O) groups is 2. The molecule has 0 unspecified atom stereocenters. The molecular formula is C26H29N3O5. The number of amides is 1. The Hall–Kier alpha value is -3.55. The molecule has 3 aromatic rings. The molecule has 8 heteroatoms. The summed E-state index contributed by atoms with van der Waals surface area (Å²) < 4.78 is 13.0. The largest absolute Gasteiger partial charge is 0.506 e. The Morgan fingerprint density at radius 2 is 1.94 bits per heavy atom. The molecule has 1 aromatic carbocycles. The molecule has 0 aliphatic heterocycles. The van der Waals surface area contributed by atoms with Gasteiger partial charge in [-0.3, -0.25) is 9.20 Å². The number of carboxylic acid groups (broad SMARTS) is 1. The fourth-order valence-electron chi connectivity index (χ4n) is 5.28. The third-order valence-electron chi connectivity index (χ3n) is 6.92. The first kappa shape index (κ1) is 22.3. The molecule has 2 aliphatic rings. The summed E-state index contributed by atoms with van der Waals surface area (Å²) >= 11 is 0. The normalized spacial score (nSPS) is 20.1. The number of nitrogens with zero attached hydrogens (tertiary/aromatic N) is 2. The number of hydrogen-bond acceptors (Lipinski definition) is 5. The number of ether oxygens (including phenoxy) is 2. The van der Waals surface area contributed by atoms with E-state index in [1.807, 2.05) is 36.4 Å². The van der Waals surface area contributed by atoms with Gasteiger partial charge >= 0.3 is 6.16 Å². The molecule has 2 aliphatic carbocycles. The second kappa shape index (κ2) is 9.37. The van der Waals surface area contributed by atoms with Crippen LogP contribution in [0.3, 0.4) is 0 Å². The summed E-state index contributed by atoms with van der Waals surface area (Å²) in [4.78, 5) is 29.3. The van der Waals surface area contributed by atoms with Gasteiger partial charge in [0.2, 0.25) is 0 Å². The van der Waals surface area contributed by atoms with Crippen molar-refractivity contribution in [2.24, 2.45) is 5.92 Å². The van der Waals surface area contributed by atoms with Crippen molar-refractivity contribution >= 4 is 17.7 Å². The summed E-state index contributed by atoms with van der Waals surface area (Å²) in [5, 5.41) is 12.2. The molecule has 1 fully saturated rings. The second-order valence-corrected chi connectivity index (χ2v) is 9.20. The Morgan fingerprint density at radius 3 is 2.74 bits per heavy atom. The minimum Gasteiger partial charge on any atom is -0.489 e. The summed E-state index contributed by atoms with van der Waals surface area (Å²) in [6.45, 7) is 2.45. The maximum absolute atomic E-state index is 13.4. The van der Waals surface area contributed by atoms with Crippen molar-refractivity contribution in [3.05, 3.63) is 65.1 Å². The zero-order chi connectivity index (χ0) is 23.7. The van der Waals surface area contributed by atoms with E-state index in [1.54, 1.807) is 17.5 Å². The topological polar surface area (TPSA) is 102 Å². The van der Waals surface area contributed by atoms with E-state index in [-0.39, 0.29) is 5.91 Å².